The zero-order chi connectivity index (χ0) is 33.9. The smallest absolute Gasteiger partial charge is 0.324 e. The van der Waals surface area contributed by atoms with Gasteiger partial charge in [0.15, 0.2) is 11.2 Å². The summed E-state index contributed by atoms with van der Waals surface area (Å²) in [4.78, 5) is 55.2. The molecule has 6 aliphatic rings. The zero-order valence-electron chi connectivity index (χ0n) is 27.7. The lowest BCUT2D eigenvalue weighted by Crippen LogP contribution is -2.37. The van der Waals surface area contributed by atoms with Crippen molar-refractivity contribution in [3.05, 3.63) is 105 Å². The van der Waals surface area contributed by atoms with Crippen LogP contribution in [0.2, 0.25) is 0 Å². The summed E-state index contributed by atoms with van der Waals surface area (Å²) in [5.74, 6) is -1.88. The summed E-state index contributed by atoms with van der Waals surface area (Å²) in [6.07, 6.45) is 9.58. The molecule has 5 heterocycles. The van der Waals surface area contributed by atoms with Crippen LogP contribution in [-0.2, 0) is 23.9 Å². The Balaban J connectivity index is 1.70. The highest BCUT2D eigenvalue weighted by molar-refractivity contribution is 6.44. The summed E-state index contributed by atoms with van der Waals surface area (Å²) in [5, 5.41) is 13.9. The van der Waals surface area contributed by atoms with Gasteiger partial charge in [-0.15, -0.1) is 0 Å². The molecule has 0 unspecified atom stereocenters. The Morgan fingerprint density at radius 3 is 2.45 bits per heavy atom. The third-order valence-corrected chi connectivity index (χ3v) is 10.1. The summed E-state index contributed by atoms with van der Waals surface area (Å²) in [6, 6.07) is 0. The molecule has 0 aromatic heterocycles. The van der Waals surface area contributed by atoms with Crippen LogP contribution in [0.15, 0.2) is 120 Å². The number of methoxy groups -OCH3 is 2. The highest BCUT2D eigenvalue weighted by atomic mass is 16.5. The third kappa shape index (κ3) is 4.60. The van der Waals surface area contributed by atoms with Crippen molar-refractivity contribution in [1.29, 1.82) is 0 Å². The molecular formula is C37H38N4O6. The molecule has 1 saturated carbocycles. The second-order valence-electron chi connectivity index (χ2n) is 12.5. The molecule has 10 nitrogen and oxygen atoms in total. The number of Topliss-reactive ketones (excluding diaryl/α,β-unsaturated/α-hetero) is 1. The molecule has 2 N–H and O–H groups in total. The number of aliphatic imine (C=N–C) groups is 3. The summed E-state index contributed by atoms with van der Waals surface area (Å²) in [5.41, 5.74) is 7.79. The van der Waals surface area contributed by atoms with Crippen molar-refractivity contribution >= 4 is 34.9 Å². The third-order valence-electron chi connectivity index (χ3n) is 10.1. The zero-order valence-corrected chi connectivity index (χ0v) is 27.7. The number of nitrogens with one attached hydrogen (secondary N) is 1. The Morgan fingerprint density at radius 1 is 1.06 bits per heavy atom. The number of rotatable bonds is 6. The van der Waals surface area contributed by atoms with Crippen molar-refractivity contribution in [2.24, 2.45) is 32.2 Å². The first-order valence-electron chi connectivity index (χ1n) is 15.7. The number of aliphatic hydroxyl groups excluding tert-OH is 1. The van der Waals surface area contributed by atoms with E-state index in [-0.39, 0.29) is 24.2 Å². The van der Waals surface area contributed by atoms with E-state index in [0.717, 1.165) is 28.7 Å². The second-order valence-corrected chi connectivity index (χ2v) is 12.5. The lowest BCUT2D eigenvalue weighted by atomic mass is 9.78. The fourth-order valence-electron chi connectivity index (χ4n) is 7.39. The van der Waals surface area contributed by atoms with Crippen LogP contribution in [0.4, 0.5) is 0 Å². The van der Waals surface area contributed by atoms with Crippen molar-refractivity contribution in [3.8, 4) is 0 Å². The van der Waals surface area contributed by atoms with Gasteiger partial charge < -0.3 is 19.9 Å². The fourth-order valence-corrected chi connectivity index (χ4v) is 7.39. The maximum Gasteiger partial charge on any atom is 0.324 e. The van der Waals surface area contributed by atoms with E-state index < -0.39 is 17.2 Å². The summed E-state index contributed by atoms with van der Waals surface area (Å²) >= 11 is 0. The summed E-state index contributed by atoms with van der Waals surface area (Å²) < 4.78 is 10.2. The molecule has 10 heteroatoms. The number of ether oxygens (including phenoxy) is 2. The van der Waals surface area contributed by atoms with Crippen molar-refractivity contribution in [3.63, 3.8) is 0 Å². The van der Waals surface area contributed by atoms with Crippen molar-refractivity contribution < 1.29 is 29.0 Å². The van der Waals surface area contributed by atoms with Crippen molar-refractivity contribution in [2.75, 3.05) is 14.2 Å². The van der Waals surface area contributed by atoms with E-state index in [1.165, 1.54) is 14.2 Å². The predicted octanol–water partition coefficient (Wildman–Crippen LogP) is 5.77. The lowest BCUT2D eigenvalue weighted by Gasteiger charge is -2.25. The molecule has 0 spiro atoms. The van der Waals surface area contributed by atoms with Gasteiger partial charge >= 0.3 is 11.9 Å². The van der Waals surface area contributed by atoms with Crippen molar-refractivity contribution in [2.45, 2.75) is 53.9 Å². The number of carbonyl (C=O) groups is 3. The first-order valence-corrected chi connectivity index (χ1v) is 15.7. The summed E-state index contributed by atoms with van der Waals surface area (Å²) in [6.45, 7) is 13.4. The lowest BCUT2D eigenvalue weighted by molar-refractivity contribution is -0.152. The molecule has 0 aromatic carbocycles. The Kier molecular flexibility index (Phi) is 7.86. The molecule has 0 aromatic rings. The molecule has 6 rings (SSSR count). The maximum atomic E-state index is 14.4. The quantitative estimate of drug-likeness (QED) is 0.215. The molecule has 8 bridgehead atoms. The van der Waals surface area contributed by atoms with Gasteiger partial charge in [-0.1, -0.05) is 26.5 Å². The van der Waals surface area contributed by atoms with Gasteiger partial charge in [0.2, 0.25) is 0 Å². The minimum absolute atomic E-state index is 0.141. The number of allylic oxidation sites excluding steroid dienone is 11. The first kappa shape index (κ1) is 31.8. The molecule has 1 saturated heterocycles. The van der Waals surface area contributed by atoms with Gasteiger partial charge in [0.25, 0.3) is 0 Å². The first-order chi connectivity index (χ1) is 22.4. The average Bonchev–Trinajstić information content (AvgIpc) is 3.79. The van der Waals surface area contributed by atoms with Gasteiger partial charge in [-0.05, 0) is 68.6 Å². The standard InChI is InChI=1S/C37H38N4O6/c1-9-20-17(3)24-13-25-18(4)22(11-12-30(43)46-7)33(40-25)32-34-31(35(44)37(32,6)36(45)47-8)19(5)26(41-34)14-28-21(10-2)23(16-42)29(39-28)15-27(20)38-24/h9,13-16,18,22,40,42H,1,10-12H2,2-8H3/b23-16-,25-13?,26-14?,27-15?,33-32?/t18-,22-,37+/m0/s1. The van der Waals surface area contributed by atoms with Gasteiger partial charge in [0, 0.05) is 46.4 Å². The highest BCUT2D eigenvalue weighted by Crippen LogP contribution is 2.52. The van der Waals surface area contributed by atoms with Crippen LogP contribution in [0.1, 0.15) is 53.9 Å². The number of ketones is 1. The second kappa shape index (κ2) is 11.6. The van der Waals surface area contributed by atoms with E-state index >= 15 is 0 Å². The van der Waals surface area contributed by atoms with Crippen LogP contribution in [0.25, 0.3) is 0 Å². The van der Waals surface area contributed by atoms with Crippen LogP contribution in [0.3, 0.4) is 0 Å². The number of nitrogens with zero attached hydrogens (tertiary/aromatic N) is 3. The Bertz CT molecular complexity index is 1940. The van der Waals surface area contributed by atoms with E-state index in [0.29, 0.717) is 75.1 Å². The number of carbonyl (C=O) groups excluding carboxylic acids is 3. The van der Waals surface area contributed by atoms with Gasteiger partial charge in [0.05, 0.1) is 60.3 Å². The molecule has 1 aliphatic carbocycles. The number of hydrogen-bond donors (Lipinski definition) is 2. The molecular weight excluding hydrogens is 596 g/mol. The van der Waals surface area contributed by atoms with Crippen molar-refractivity contribution in [1.82, 2.24) is 5.32 Å². The molecule has 5 aliphatic heterocycles. The summed E-state index contributed by atoms with van der Waals surface area (Å²) in [7, 11) is 2.62. The van der Waals surface area contributed by atoms with Crippen LogP contribution in [0, 0.1) is 17.3 Å². The topological polar surface area (TPSA) is 139 Å². The largest absolute Gasteiger partial charge is 0.515 e. The van der Waals surface area contributed by atoms with Crippen LogP contribution < -0.4 is 5.32 Å². The normalized spacial score (nSPS) is 27.1. The molecule has 0 amide bonds. The molecule has 2 fully saturated rings. The number of hydrogen-bond acceptors (Lipinski definition) is 10. The van der Waals surface area contributed by atoms with E-state index in [9.17, 15) is 19.5 Å². The number of aliphatic hydroxyl groups is 1. The molecule has 47 heavy (non-hydrogen) atoms. The molecule has 0 radical (unpaired) electrons. The Morgan fingerprint density at radius 2 is 1.81 bits per heavy atom. The van der Waals surface area contributed by atoms with Gasteiger partial charge in [-0.2, -0.15) is 0 Å². The SMILES string of the molecule is C=CC1=C(C)C2=NC1=CC1=NC(=C(CC)/C1=C/O)C=C1N=C3C(=C1C)C(=O)[C@](C)(C(=O)OC)C3=C1NC(=C2)[C@@H](C)[C@@H]1CCC(=O)OC. The number of esters is 2. The van der Waals surface area contributed by atoms with Crippen LogP contribution in [0.5, 0.6) is 0 Å². The van der Waals surface area contributed by atoms with E-state index in [4.69, 9.17) is 24.5 Å². The van der Waals surface area contributed by atoms with Gasteiger partial charge in [-0.25, -0.2) is 15.0 Å². The Hall–Kier alpha value is -5.12. The molecule has 242 valence electrons. The van der Waals surface area contributed by atoms with Crippen LogP contribution >= 0.6 is 0 Å². The predicted molar refractivity (Wildman–Crippen MR) is 179 cm³/mol. The van der Waals surface area contributed by atoms with E-state index in [2.05, 4.69) is 11.9 Å². The van der Waals surface area contributed by atoms with Gasteiger partial charge in [0.1, 0.15) is 0 Å². The number of fused-ring (bicyclic) bond motifs is 5. The average molecular weight is 635 g/mol. The minimum Gasteiger partial charge on any atom is -0.515 e. The van der Waals surface area contributed by atoms with Gasteiger partial charge in [-0.3, -0.25) is 14.4 Å². The van der Waals surface area contributed by atoms with E-state index in [1.54, 1.807) is 13.0 Å². The monoisotopic (exact) mass is 634 g/mol. The molecule has 3 atom stereocenters. The maximum absolute atomic E-state index is 14.4. The highest BCUT2D eigenvalue weighted by Gasteiger charge is 2.60. The minimum atomic E-state index is -1.67. The fraction of sp³-hybridized carbons (Fsp3) is 0.351. The van der Waals surface area contributed by atoms with E-state index in [1.807, 2.05) is 45.9 Å². The Labute approximate surface area is 273 Å². The van der Waals surface area contributed by atoms with Crippen LogP contribution in [-0.4, -0.2) is 54.2 Å².